The number of carbonyl (C=O) groups excluding carboxylic acids is 1. The van der Waals surface area contributed by atoms with E-state index in [1.165, 1.54) is 4.90 Å². The molecule has 2 fully saturated rings. The zero-order chi connectivity index (χ0) is 18.7. The highest BCUT2D eigenvalue weighted by Crippen LogP contribution is 2.23. The summed E-state index contributed by atoms with van der Waals surface area (Å²) in [4.78, 5) is 26.1. The van der Waals surface area contributed by atoms with E-state index in [1.54, 1.807) is 0 Å². The van der Waals surface area contributed by atoms with E-state index in [4.69, 9.17) is 4.74 Å². The summed E-state index contributed by atoms with van der Waals surface area (Å²) in [5, 5.41) is 0. The highest BCUT2D eigenvalue weighted by atomic mass is 19.4. The van der Waals surface area contributed by atoms with Crippen molar-refractivity contribution in [1.82, 2.24) is 14.9 Å². The molecule has 0 radical (unpaired) electrons. The Morgan fingerprint density at radius 3 is 2.35 bits per heavy atom. The van der Waals surface area contributed by atoms with Gasteiger partial charge in [0.2, 0.25) is 11.9 Å². The van der Waals surface area contributed by atoms with Crippen molar-refractivity contribution in [3.05, 3.63) is 11.8 Å². The topological polar surface area (TPSA) is 61.8 Å². The third-order valence-corrected chi connectivity index (χ3v) is 4.43. The summed E-state index contributed by atoms with van der Waals surface area (Å²) in [7, 11) is 0. The lowest BCUT2D eigenvalue weighted by atomic mass is 10.2. The van der Waals surface area contributed by atoms with Gasteiger partial charge in [0.1, 0.15) is 12.2 Å². The summed E-state index contributed by atoms with van der Waals surface area (Å²) in [6, 6.07) is 1.86. The highest BCUT2D eigenvalue weighted by Gasteiger charge is 2.34. The normalized spacial score (nSPS) is 19.0. The molecule has 3 rings (SSSR count). The second kappa shape index (κ2) is 7.65. The summed E-state index contributed by atoms with van der Waals surface area (Å²) < 4.78 is 42.5. The quantitative estimate of drug-likeness (QED) is 0.794. The summed E-state index contributed by atoms with van der Waals surface area (Å²) in [5.74, 6) is 0.505. The highest BCUT2D eigenvalue weighted by molar-refractivity contribution is 5.77. The van der Waals surface area contributed by atoms with E-state index < -0.39 is 18.5 Å². The van der Waals surface area contributed by atoms with E-state index in [1.807, 2.05) is 17.9 Å². The van der Waals surface area contributed by atoms with Gasteiger partial charge in [0.15, 0.2) is 0 Å². The molecular formula is C16H22F3N5O2. The lowest BCUT2D eigenvalue weighted by molar-refractivity contribution is -0.161. The first-order valence-corrected chi connectivity index (χ1v) is 8.60. The molecule has 2 aliphatic heterocycles. The van der Waals surface area contributed by atoms with Crippen molar-refractivity contribution >= 4 is 17.7 Å². The first kappa shape index (κ1) is 18.7. The van der Waals surface area contributed by atoms with Crippen molar-refractivity contribution in [2.75, 3.05) is 62.3 Å². The maximum atomic E-state index is 12.4. The van der Waals surface area contributed by atoms with Crippen LogP contribution in [0.4, 0.5) is 24.9 Å². The van der Waals surface area contributed by atoms with Crippen LogP contribution >= 0.6 is 0 Å². The Morgan fingerprint density at radius 1 is 1.08 bits per heavy atom. The monoisotopic (exact) mass is 373 g/mol. The summed E-state index contributed by atoms with van der Waals surface area (Å²) in [6.45, 7) is 6.00. The van der Waals surface area contributed by atoms with Gasteiger partial charge in [-0.1, -0.05) is 0 Å². The molecule has 26 heavy (non-hydrogen) atoms. The van der Waals surface area contributed by atoms with Crippen molar-refractivity contribution in [1.29, 1.82) is 0 Å². The van der Waals surface area contributed by atoms with Crippen molar-refractivity contribution in [3.63, 3.8) is 0 Å². The number of aryl methyl sites for hydroxylation is 1. The van der Waals surface area contributed by atoms with Crippen LogP contribution in [0.5, 0.6) is 0 Å². The molecule has 0 spiro atoms. The number of morpholine rings is 1. The van der Waals surface area contributed by atoms with Gasteiger partial charge in [0.25, 0.3) is 0 Å². The Balaban J connectivity index is 1.64. The van der Waals surface area contributed by atoms with Crippen LogP contribution in [0.2, 0.25) is 0 Å². The van der Waals surface area contributed by atoms with Gasteiger partial charge in [-0.05, 0) is 6.92 Å². The minimum absolute atomic E-state index is 0.255. The second-order valence-corrected chi connectivity index (χ2v) is 6.43. The zero-order valence-electron chi connectivity index (χ0n) is 14.6. The van der Waals surface area contributed by atoms with Crippen LogP contribution in [0.3, 0.4) is 0 Å². The average molecular weight is 373 g/mol. The SMILES string of the molecule is Cc1cc(N2CCN(C(=O)CC(F)(F)F)CC2)nc(N2CCOCC2)n1. The van der Waals surface area contributed by atoms with E-state index in [0.29, 0.717) is 32.3 Å². The van der Waals surface area contributed by atoms with Gasteiger partial charge in [0, 0.05) is 51.0 Å². The van der Waals surface area contributed by atoms with E-state index in [0.717, 1.165) is 24.6 Å². The number of anilines is 2. The van der Waals surface area contributed by atoms with Crippen molar-refractivity contribution in [3.8, 4) is 0 Å². The van der Waals surface area contributed by atoms with Crippen LogP contribution in [0.1, 0.15) is 12.1 Å². The maximum absolute atomic E-state index is 12.4. The summed E-state index contributed by atoms with van der Waals surface area (Å²) in [5.41, 5.74) is 0.826. The number of rotatable bonds is 3. The third-order valence-electron chi connectivity index (χ3n) is 4.43. The van der Waals surface area contributed by atoms with E-state index in [9.17, 15) is 18.0 Å². The molecular weight excluding hydrogens is 351 g/mol. The van der Waals surface area contributed by atoms with Gasteiger partial charge >= 0.3 is 6.18 Å². The molecule has 2 saturated heterocycles. The molecule has 0 unspecified atom stereocenters. The number of piperazine rings is 1. The second-order valence-electron chi connectivity index (χ2n) is 6.43. The van der Waals surface area contributed by atoms with Gasteiger partial charge < -0.3 is 19.4 Å². The molecule has 0 saturated carbocycles. The van der Waals surface area contributed by atoms with Crippen molar-refractivity contribution in [2.45, 2.75) is 19.5 Å². The zero-order valence-corrected chi connectivity index (χ0v) is 14.6. The Kier molecular flexibility index (Phi) is 5.49. The van der Waals surface area contributed by atoms with Gasteiger partial charge in [-0.2, -0.15) is 18.2 Å². The van der Waals surface area contributed by atoms with Crippen LogP contribution < -0.4 is 9.80 Å². The third kappa shape index (κ3) is 4.75. The fourth-order valence-corrected chi connectivity index (χ4v) is 3.07. The van der Waals surface area contributed by atoms with Crippen LogP contribution in [0, 0.1) is 6.92 Å². The molecule has 7 nitrogen and oxygen atoms in total. The molecule has 10 heteroatoms. The number of alkyl halides is 3. The maximum Gasteiger partial charge on any atom is 0.397 e. The van der Waals surface area contributed by atoms with E-state index in [2.05, 4.69) is 14.9 Å². The standard InChI is InChI=1S/C16H22F3N5O2/c1-12-10-13(21-15(20-12)24-6-8-26-9-7-24)22-2-4-23(5-3-22)14(25)11-16(17,18)19/h10H,2-9,11H2,1H3. The molecule has 1 aromatic heterocycles. The molecule has 2 aliphatic rings. The fraction of sp³-hybridized carbons (Fsp3) is 0.688. The van der Waals surface area contributed by atoms with E-state index >= 15 is 0 Å². The summed E-state index contributed by atoms with van der Waals surface area (Å²) in [6.07, 6.45) is -5.87. The minimum Gasteiger partial charge on any atom is -0.378 e. The number of hydrogen-bond donors (Lipinski definition) is 0. The Morgan fingerprint density at radius 2 is 1.73 bits per heavy atom. The van der Waals surface area contributed by atoms with Gasteiger partial charge in [0.05, 0.1) is 13.2 Å². The van der Waals surface area contributed by atoms with E-state index in [-0.39, 0.29) is 13.1 Å². The van der Waals surface area contributed by atoms with Crippen LogP contribution in [0.15, 0.2) is 6.07 Å². The Labute approximate surface area is 149 Å². The predicted octanol–water partition coefficient (Wildman–Crippen LogP) is 1.22. The number of halogens is 3. The van der Waals surface area contributed by atoms with Gasteiger partial charge in [-0.3, -0.25) is 4.79 Å². The minimum atomic E-state index is -4.47. The fourth-order valence-electron chi connectivity index (χ4n) is 3.07. The molecule has 0 atom stereocenters. The molecule has 0 aliphatic carbocycles. The Hall–Kier alpha value is -2.10. The van der Waals surface area contributed by atoms with Gasteiger partial charge in [-0.25, -0.2) is 4.98 Å². The molecule has 1 amide bonds. The molecule has 144 valence electrons. The molecule has 0 N–H and O–H groups in total. The smallest absolute Gasteiger partial charge is 0.378 e. The molecule has 1 aromatic rings. The van der Waals surface area contributed by atoms with Crippen LogP contribution in [-0.2, 0) is 9.53 Å². The van der Waals surface area contributed by atoms with Crippen molar-refractivity contribution in [2.24, 2.45) is 0 Å². The number of ether oxygens (including phenoxy) is 1. The number of carbonyl (C=O) groups is 1. The average Bonchev–Trinajstić information content (AvgIpc) is 2.61. The first-order chi connectivity index (χ1) is 12.3. The lowest BCUT2D eigenvalue weighted by Crippen LogP contribution is -2.50. The molecule has 3 heterocycles. The number of nitrogens with zero attached hydrogens (tertiary/aromatic N) is 5. The molecule has 0 aromatic carbocycles. The number of amides is 1. The summed E-state index contributed by atoms with van der Waals surface area (Å²) >= 11 is 0. The van der Waals surface area contributed by atoms with Crippen molar-refractivity contribution < 1.29 is 22.7 Å². The van der Waals surface area contributed by atoms with Crippen LogP contribution in [0.25, 0.3) is 0 Å². The predicted molar refractivity (Wildman–Crippen MR) is 89.3 cm³/mol. The Bertz CT molecular complexity index is 641. The van der Waals surface area contributed by atoms with Crippen LogP contribution in [-0.4, -0.2) is 79.4 Å². The lowest BCUT2D eigenvalue weighted by Gasteiger charge is -2.36. The largest absolute Gasteiger partial charge is 0.397 e. The first-order valence-electron chi connectivity index (χ1n) is 8.60. The van der Waals surface area contributed by atoms with Gasteiger partial charge in [-0.15, -0.1) is 0 Å². The molecule has 0 bridgehead atoms. The number of hydrogen-bond acceptors (Lipinski definition) is 6. The number of aromatic nitrogens is 2.